The number of nitro groups is 1. The fourth-order valence-corrected chi connectivity index (χ4v) is 3.14. The van der Waals surface area contributed by atoms with Crippen LogP contribution in [-0.4, -0.2) is 63.9 Å². The van der Waals surface area contributed by atoms with Crippen LogP contribution in [0.4, 0.5) is 5.69 Å². The van der Waals surface area contributed by atoms with E-state index in [0.29, 0.717) is 5.56 Å². The van der Waals surface area contributed by atoms with Crippen molar-refractivity contribution in [2.45, 2.75) is 36.2 Å². The van der Waals surface area contributed by atoms with Crippen molar-refractivity contribution in [3.8, 4) is 0 Å². The molecule has 0 unspecified atom stereocenters. The van der Waals surface area contributed by atoms with Gasteiger partial charge in [0.15, 0.2) is 4.84 Å². The molecule has 1 aromatic rings. The third kappa shape index (κ3) is 7.43. The molecule has 0 spiro atoms. The van der Waals surface area contributed by atoms with Gasteiger partial charge >= 0.3 is 5.97 Å². The van der Waals surface area contributed by atoms with E-state index in [1.54, 1.807) is 0 Å². The van der Waals surface area contributed by atoms with Crippen LogP contribution >= 0.6 is 23.2 Å². The predicted molar refractivity (Wildman–Crippen MR) is 107 cm³/mol. The zero-order valence-corrected chi connectivity index (χ0v) is 17.1. The maximum Gasteiger partial charge on any atom is 0.320 e. The van der Waals surface area contributed by atoms with Gasteiger partial charge < -0.3 is 15.2 Å². The zero-order chi connectivity index (χ0) is 21.4. The lowest BCUT2D eigenvalue weighted by molar-refractivity contribution is -0.384. The fraction of sp³-hybridized carbons (Fsp3) is 0.556. The average Bonchev–Trinajstić information content (AvgIpc) is 2.71. The Morgan fingerprint density at radius 2 is 1.83 bits per heavy atom. The molecule has 2 rings (SSSR count). The molecule has 1 amide bonds. The summed E-state index contributed by atoms with van der Waals surface area (Å²) in [5.41, 5.74) is 0.157. The van der Waals surface area contributed by atoms with Crippen molar-refractivity contribution in [3.05, 3.63) is 39.9 Å². The number of rotatable bonds is 9. The summed E-state index contributed by atoms with van der Waals surface area (Å²) in [6.45, 7) is 1.46. The highest BCUT2D eigenvalue weighted by Gasteiger charge is 2.27. The number of halogens is 2. The van der Waals surface area contributed by atoms with Crippen LogP contribution < -0.4 is 5.32 Å². The van der Waals surface area contributed by atoms with E-state index in [-0.39, 0.29) is 18.8 Å². The highest BCUT2D eigenvalue weighted by Crippen LogP contribution is 2.21. The molecule has 0 radical (unpaired) electrons. The molecular formula is C18H23Cl2N3O6. The first-order chi connectivity index (χ1) is 13.8. The van der Waals surface area contributed by atoms with Gasteiger partial charge in [-0.15, -0.1) is 0 Å². The first kappa shape index (κ1) is 23.3. The summed E-state index contributed by atoms with van der Waals surface area (Å²) in [6, 6.07) is 4.14. The first-order valence-corrected chi connectivity index (χ1v) is 10.0. The number of alkyl halides is 2. The van der Waals surface area contributed by atoms with Gasteiger partial charge in [-0.05, 0) is 43.6 Å². The quantitative estimate of drug-likeness (QED) is 0.256. The summed E-state index contributed by atoms with van der Waals surface area (Å²) in [5.74, 6) is -1.23. The lowest BCUT2D eigenvalue weighted by atomic mass is 10.0. The number of ether oxygens (including phenoxy) is 1. The minimum atomic E-state index is -1.37. The number of likely N-dealkylation sites (tertiary alicyclic amines) is 1. The molecule has 160 valence electrons. The number of amides is 1. The van der Waals surface area contributed by atoms with E-state index in [4.69, 9.17) is 27.9 Å². The molecule has 1 heterocycles. The van der Waals surface area contributed by atoms with E-state index >= 15 is 0 Å². The minimum Gasteiger partial charge on any atom is -0.462 e. The smallest absolute Gasteiger partial charge is 0.320 e. The standard InChI is InChI=1S/C18H23Cl2N3O6/c19-17(20)18(26)21-14(11-29-15(24)10-22-8-2-1-3-9-22)16(25)12-4-6-13(7-5-12)23(27)28/h4-7,14,16-17,25H,1-3,8-11H2,(H,21,26)/t14-,16-/m1/s1. The Morgan fingerprint density at radius 3 is 2.38 bits per heavy atom. The second kappa shape index (κ2) is 11.3. The second-order valence-electron chi connectivity index (χ2n) is 6.73. The van der Waals surface area contributed by atoms with Crippen LogP contribution in [0, 0.1) is 10.1 Å². The number of aliphatic hydroxyl groups excluding tert-OH is 1. The van der Waals surface area contributed by atoms with Crippen molar-refractivity contribution in [2.75, 3.05) is 26.2 Å². The number of carbonyl (C=O) groups excluding carboxylic acids is 2. The molecule has 0 saturated carbocycles. The number of nitro benzene ring substituents is 1. The van der Waals surface area contributed by atoms with Gasteiger partial charge in [0.25, 0.3) is 11.6 Å². The van der Waals surface area contributed by atoms with Gasteiger partial charge in [0.2, 0.25) is 0 Å². The summed E-state index contributed by atoms with van der Waals surface area (Å²) in [7, 11) is 0. The molecule has 2 atom stereocenters. The van der Waals surface area contributed by atoms with Gasteiger partial charge in [-0.3, -0.25) is 24.6 Å². The Kier molecular flexibility index (Phi) is 9.09. The number of carbonyl (C=O) groups is 2. The van der Waals surface area contributed by atoms with Crippen molar-refractivity contribution < 1.29 is 24.4 Å². The molecule has 2 N–H and O–H groups in total. The van der Waals surface area contributed by atoms with Crippen molar-refractivity contribution in [1.29, 1.82) is 0 Å². The number of benzene rings is 1. The topological polar surface area (TPSA) is 122 Å². The summed E-state index contributed by atoms with van der Waals surface area (Å²) in [4.78, 5) is 34.8. The maximum absolute atomic E-state index is 12.1. The number of hydrogen-bond donors (Lipinski definition) is 2. The van der Waals surface area contributed by atoms with E-state index < -0.39 is 33.8 Å². The number of piperidine rings is 1. The van der Waals surface area contributed by atoms with E-state index in [9.17, 15) is 24.8 Å². The number of non-ortho nitro benzene ring substituents is 1. The lowest BCUT2D eigenvalue weighted by Gasteiger charge is -2.27. The number of hydrogen-bond acceptors (Lipinski definition) is 7. The highest BCUT2D eigenvalue weighted by atomic mass is 35.5. The van der Waals surface area contributed by atoms with Gasteiger partial charge in [-0.25, -0.2) is 0 Å². The van der Waals surface area contributed by atoms with Gasteiger partial charge in [0.05, 0.1) is 17.5 Å². The van der Waals surface area contributed by atoms with Crippen LogP contribution in [0.3, 0.4) is 0 Å². The molecule has 29 heavy (non-hydrogen) atoms. The Balaban J connectivity index is 2.01. The van der Waals surface area contributed by atoms with E-state index in [0.717, 1.165) is 32.4 Å². The van der Waals surface area contributed by atoms with Gasteiger partial charge in [-0.2, -0.15) is 0 Å². The van der Waals surface area contributed by atoms with Gasteiger partial charge in [0.1, 0.15) is 12.7 Å². The summed E-state index contributed by atoms with van der Waals surface area (Å²) >= 11 is 11.1. The Hall–Kier alpha value is -1.94. The van der Waals surface area contributed by atoms with Crippen molar-refractivity contribution in [2.24, 2.45) is 0 Å². The molecular weight excluding hydrogens is 425 g/mol. The lowest BCUT2D eigenvalue weighted by Crippen LogP contribution is -2.45. The maximum atomic E-state index is 12.1. The zero-order valence-electron chi connectivity index (χ0n) is 15.6. The molecule has 0 bridgehead atoms. The van der Waals surface area contributed by atoms with Crippen LogP contribution in [0.5, 0.6) is 0 Å². The Labute approximate surface area is 178 Å². The third-order valence-electron chi connectivity index (χ3n) is 4.58. The largest absolute Gasteiger partial charge is 0.462 e. The van der Waals surface area contributed by atoms with Crippen LogP contribution in [0.15, 0.2) is 24.3 Å². The summed E-state index contributed by atoms with van der Waals surface area (Å²) in [5, 5.41) is 23.8. The summed E-state index contributed by atoms with van der Waals surface area (Å²) < 4.78 is 5.24. The highest BCUT2D eigenvalue weighted by molar-refractivity contribution is 6.53. The second-order valence-corrected chi connectivity index (χ2v) is 7.83. The molecule has 1 aliphatic heterocycles. The molecule has 11 heteroatoms. The molecule has 1 aliphatic rings. The monoisotopic (exact) mass is 447 g/mol. The number of nitrogens with one attached hydrogen (secondary N) is 1. The van der Waals surface area contributed by atoms with E-state index in [1.807, 2.05) is 4.90 Å². The van der Waals surface area contributed by atoms with Crippen molar-refractivity contribution >= 4 is 40.8 Å². The fourth-order valence-electron chi connectivity index (χ4n) is 3.01. The van der Waals surface area contributed by atoms with Crippen molar-refractivity contribution in [1.82, 2.24) is 10.2 Å². The first-order valence-electron chi connectivity index (χ1n) is 9.17. The molecule has 9 nitrogen and oxygen atoms in total. The van der Waals surface area contributed by atoms with E-state index in [2.05, 4.69) is 5.32 Å². The van der Waals surface area contributed by atoms with Crippen LogP contribution in [0.25, 0.3) is 0 Å². The Morgan fingerprint density at radius 1 is 1.21 bits per heavy atom. The molecule has 0 aliphatic carbocycles. The van der Waals surface area contributed by atoms with Crippen LogP contribution in [0.2, 0.25) is 0 Å². The number of aliphatic hydroxyl groups is 1. The molecule has 0 aromatic heterocycles. The summed E-state index contributed by atoms with van der Waals surface area (Å²) in [6.07, 6.45) is 1.89. The number of esters is 1. The average molecular weight is 448 g/mol. The van der Waals surface area contributed by atoms with E-state index in [1.165, 1.54) is 24.3 Å². The van der Waals surface area contributed by atoms with Crippen molar-refractivity contribution in [3.63, 3.8) is 0 Å². The molecule has 1 aromatic carbocycles. The van der Waals surface area contributed by atoms with Gasteiger partial charge in [0, 0.05) is 12.1 Å². The molecule has 1 saturated heterocycles. The molecule has 1 fully saturated rings. The number of nitrogens with zero attached hydrogens (tertiary/aromatic N) is 2. The van der Waals surface area contributed by atoms with Crippen LogP contribution in [-0.2, 0) is 14.3 Å². The minimum absolute atomic E-state index is 0.127. The van der Waals surface area contributed by atoms with Crippen LogP contribution in [0.1, 0.15) is 30.9 Å². The SMILES string of the molecule is O=C(CN1CCCCC1)OC[C@@H](NC(=O)C(Cl)Cl)[C@H](O)c1ccc([N+](=O)[O-])cc1. The third-order valence-corrected chi connectivity index (χ3v) is 4.97. The predicted octanol–water partition coefficient (Wildman–Crippen LogP) is 1.95. The Bertz CT molecular complexity index is 710. The van der Waals surface area contributed by atoms with Gasteiger partial charge in [-0.1, -0.05) is 29.6 Å². The normalized spacial score (nSPS) is 16.8.